The molecule has 0 N–H and O–H groups in total. The molecular formula is C25H29ClN4O3S2. The molecule has 1 amide bonds. The van der Waals surface area contributed by atoms with Gasteiger partial charge in [-0.15, -0.1) is 23.7 Å². The molecule has 3 heterocycles. The van der Waals surface area contributed by atoms with Crippen molar-refractivity contribution in [2.24, 2.45) is 0 Å². The number of piperazine rings is 1. The molecule has 0 aliphatic carbocycles. The maximum Gasteiger partial charge on any atom is 0.253 e. The molecule has 2 aliphatic heterocycles. The Morgan fingerprint density at radius 2 is 1.54 bits per heavy atom. The van der Waals surface area contributed by atoms with Crippen molar-refractivity contribution in [3.8, 4) is 11.3 Å². The fraction of sp³-hybridized carbons (Fsp3) is 0.360. The largest absolute Gasteiger partial charge is 0.336 e. The van der Waals surface area contributed by atoms with E-state index in [0.717, 1.165) is 48.7 Å². The van der Waals surface area contributed by atoms with Gasteiger partial charge in [0.2, 0.25) is 10.0 Å². The molecule has 0 atom stereocenters. The van der Waals surface area contributed by atoms with Crippen LogP contribution in [-0.4, -0.2) is 72.7 Å². The van der Waals surface area contributed by atoms with Crippen LogP contribution in [-0.2, 0) is 16.6 Å². The van der Waals surface area contributed by atoms with Gasteiger partial charge in [-0.25, -0.2) is 13.4 Å². The van der Waals surface area contributed by atoms with Crippen LogP contribution in [0.1, 0.15) is 28.2 Å². The number of aromatic nitrogens is 1. The maximum absolute atomic E-state index is 13.0. The third kappa shape index (κ3) is 5.76. The second-order valence-corrected chi connectivity index (χ2v) is 11.6. The van der Waals surface area contributed by atoms with E-state index >= 15 is 0 Å². The standard InChI is InChI=1S/C25H28N4O3S2.ClH/c30-25(21-8-10-22(11-9-21)34(31,32)29-12-4-5-13-29)28-16-14-27(15-17-28)18-24-26-23(19-33-24)20-6-2-1-3-7-20;/h1-3,6-11,19H,4-5,12-18H2;1H. The molecule has 1 aromatic heterocycles. The van der Waals surface area contributed by atoms with Gasteiger partial charge < -0.3 is 4.90 Å². The molecule has 0 saturated carbocycles. The number of hydrogen-bond acceptors (Lipinski definition) is 6. The Hall–Kier alpha value is -2.30. The summed E-state index contributed by atoms with van der Waals surface area (Å²) in [5.41, 5.74) is 2.66. The third-order valence-corrected chi connectivity index (χ3v) is 9.19. The quantitative estimate of drug-likeness (QED) is 0.480. The van der Waals surface area contributed by atoms with Gasteiger partial charge in [-0.2, -0.15) is 4.31 Å². The first-order chi connectivity index (χ1) is 16.5. The highest BCUT2D eigenvalue weighted by molar-refractivity contribution is 7.89. The number of halogens is 1. The van der Waals surface area contributed by atoms with Crippen molar-refractivity contribution in [2.45, 2.75) is 24.3 Å². The highest BCUT2D eigenvalue weighted by Gasteiger charge is 2.28. The smallest absolute Gasteiger partial charge is 0.253 e. The molecule has 3 aromatic rings. The van der Waals surface area contributed by atoms with Gasteiger partial charge in [0, 0.05) is 55.8 Å². The third-order valence-electron chi connectivity index (χ3n) is 6.44. The van der Waals surface area contributed by atoms with Crippen LogP contribution >= 0.6 is 23.7 Å². The fourth-order valence-corrected chi connectivity index (χ4v) is 6.82. The first kappa shape index (κ1) is 25.8. The maximum atomic E-state index is 13.0. The minimum absolute atomic E-state index is 0. The lowest BCUT2D eigenvalue weighted by Gasteiger charge is -2.34. The van der Waals surface area contributed by atoms with E-state index in [1.807, 2.05) is 23.1 Å². The molecule has 2 saturated heterocycles. The Morgan fingerprint density at radius 1 is 0.886 bits per heavy atom. The zero-order chi connectivity index (χ0) is 23.5. The summed E-state index contributed by atoms with van der Waals surface area (Å²) in [5, 5.41) is 3.17. The Kier molecular flexibility index (Phi) is 8.23. The minimum Gasteiger partial charge on any atom is -0.336 e. The molecule has 0 unspecified atom stereocenters. The van der Waals surface area contributed by atoms with E-state index in [1.54, 1.807) is 35.6 Å². The van der Waals surface area contributed by atoms with Gasteiger partial charge in [0.15, 0.2) is 0 Å². The predicted octanol–water partition coefficient (Wildman–Crippen LogP) is 3.97. The fourth-order valence-electron chi connectivity index (χ4n) is 4.45. The number of carbonyl (C=O) groups is 1. The lowest BCUT2D eigenvalue weighted by Crippen LogP contribution is -2.48. The van der Waals surface area contributed by atoms with Crippen LogP contribution in [0.5, 0.6) is 0 Å². The zero-order valence-corrected chi connectivity index (χ0v) is 21.8. The molecule has 2 fully saturated rings. The van der Waals surface area contributed by atoms with Gasteiger partial charge in [0.25, 0.3) is 5.91 Å². The van der Waals surface area contributed by atoms with Crippen molar-refractivity contribution in [3.05, 3.63) is 70.5 Å². The molecular weight excluding hydrogens is 504 g/mol. The first-order valence-corrected chi connectivity index (χ1v) is 13.9. The Bertz CT molecular complexity index is 1240. The SMILES string of the molecule is Cl.O=C(c1ccc(S(=O)(=O)N2CCCC2)cc1)N1CCN(Cc2nc(-c3ccccc3)cs2)CC1. The lowest BCUT2D eigenvalue weighted by atomic mass is 10.2. The van der Waals surface area contributed by atoms with Crippen LogP contribution in [0.25, 0.3) is 11.3 Å². The minimum atomic E-state index is -3.46. The van der Waals surface area contributed by atoms with Crippen molar-refractivity contribution in [1.29, 1.82) is 0 Å². The van der Waals surface area contributed by atoms with Gasteiger partial charge in [0.1, 0.15) is 5.01 Å². The van der Waals surface area contributed by atoms with Crippen molar-refractivity contribution in [3.63, 3.8) is 0 Å². The predicted molar refractivity (Wildman–Crippen MR) is 140 cm³/mol. The van der Waals surface area contributed by atoms with Crippen LogP contribution in [0.3, 0.4) is 0 Å². The van der Waals surface area contributed by atoms with Crippen LogP contribution in [0.15, 0.2) is 64.9 Å². The summed E-state index contributed by atoms with van der Waals surface area (Å²) in [6.07, 6.45) is 1.80. The van der Waals surface area contributed by atoms with Crippen LogP contribution in [0, 0.1) is 0 Å². The van der Waals surface area contributed by atoms with Gasteiger partial charge >= 0.3 is 0 Å². The number of sulfonamides is 1. The van der Waals surface area contributed by atoms with E-state index in [2.05, 4.69) is 22.4 Å². The average Bonchev–Trinajstić information content (AvgIpc) is 3.58. The van der Waals surface area contributed by atoms with Crippen molar-refractivity contribution >= 4 is 39.7 Å². The van der Waals surface area contributed by atoms with Gasteiger partial charge in [-0.05, 0) is 37.1 Å². The summed E-state index contributed by atoms with van der Waals surface area (Å²) in [6.45, 7) is 4.78. The van der Waals surface area contributed by atoms with E-state index in [-0.39, 0.29) is 23.2 Å². The van der Waals surface area contributed by atoms with Crippen molar-refractivity contribution < 1.29 is 13.2 Å². The molecule has 0 spiro atoms. The van der Waals surface area contributed by atoms with Crippen molar-refractivity contribution in [2.75, 3.05) is 39.3 Å². The molecule has 35 heavy (non-hydrogen) atoms. The molecule has 2 aromatic carbocycles. The van der Waals surface area contributed by atoms with E-state index in [4.69, 9.17) is 4.98 Å². The van der Waals surface area contributed by atoms with Gasteiger partial charge in [-0.1, -0.05) is 30.3 Å². The lowest BCUT2D eigenvalue weighted by molar-refractivity contribution is 0.0628. The van der Waals surface area contributed by atoms with E-state index in [0.29, 0.717) is 31.7 Å². The van der Waals surface area contributed by atoms with E-state index < -0.39 is 10.0 Å². The number of nitrogens with zero attached hydrogens (tertiary/aromatic N) is 4. The highest BCUT2D eigenvalue weighted by Crippen LogP contribution is 2.24. The van der Waals surface area contributed by atoms with Crippen LogP contribution in [0.2, 0.25) is 0 Å². The number of carbonyl (C=O) groups excluding carboxylic acids is 1. The molecule has 0 bridgehead atoms. The van der Waals surface area contributed by atoms with Crippen molar-refractivity contribution in [1.82, 2.24) is 19.1 Å². The summed E-state index contributed by atoms with van der Waals surface area (Å²) in [5.74, 6) is -0.0506. The summed E-state index contributed by atoms with van der Waals surface area (Å²) in [4.78, 5) is 22.2. The molecule has 2 aliphatic rings. The van der Waals surface area contributed by atoms with E-state index in [1.165, 1.54) is 4.31 Å². The summed E-state index contributed by atoms with van der Waals surface area (Å²) >= 11 is 1.67. The molecule has 10 heteroatoms. The molecule has 0 radical (unpaired) electrons. The highest BCUT2D eigenvalue weighted by atomic mass is 35.5. The first-order valence-electron chi connectivity index (χ1n) is 11.6. The molecule has 5 rings (SSSR count). The summed E-state index contributed by atoms with van der Waals surface area (Å²) < 4.78 is 26.9. The number of thiazole rings is 1. The van der Waals surface area contributed by atoms with Gasteiger partial charge in [-0.3, -0.25) is 9.69 Å². The van der Waals surface area contributed by atoms with Crippen LogP contribution < -0.4 is 0 Å². The summed E-state index contributed by atoms with van der Waals surface area (Å²) in [7, 11) is -3.46. The van der Waals surface area contributed by atoms with Crippen LogP contribution in [0.4, 0.5) is 0 Å². The number of hydrogen-bond donors (Lipinski definition) is 0. The number of rotatable bonds is 6. The van der Waals surface area contributed by atoms with Gasteiger partial charge in [0.05, 0.1) is 17.1 Å². The van der Waals surface area contributed by atoms with E-state index in [9.17, 15) is 13.2 Å². The Morgan fingerprint density at radius 3 is 2.20 bits per heavy atom. The monoisotopic (exact) mass is 532 g/mol. The average molecular weight is 533 g/mol. The number of benzene rings is 2. The topological polar surface area (TPSA) is 73.8 Å². The number of amides is 1. The Balaban J connectivity index is 0.00000289. The second-order valence-electron chi connectivity index (χ2n) is 8.70. The zero-order valence-electron chi connectivity index (χ0n) is 19.4. The summed E-state index contributed by atoms with van der Waals surface area (Å²) in [6, 6.07) is 16.6. The Labute approximate surface area is 216 Å². The molecule has 7 nitrogen and oxygen atoms in total. The second kappa shape index (κ2) is 11.2. The molecule has 186 valence electrons. The normalized spacial score (nSPS) is 17.3.